The van der Waals surface area contributed by atoms with Gasteiger partial charge in [0.05, 0.1) is 5.02 Å². The van der Waals surface area contributed by atoms with E-state index in [2.05, 4.69) is 0 Å². The first kappa shape index (κ1) is 15.9. The second kappa shape index (κ2) is 6.55. The smallest absolute Gasteiger partial charge is 0.139 e. The number of halogens is 3. The van der Waals surface area contributed by atoms with E-state index in [-0.39, 0.29) is 35.1 Å². The van der Waals surface area contributed by atoms with Gasteiger partial charge in [-0.3, -0.25) is 0 Å². The minimum absolute atomic E-state index is 0. The Morgan fingerprint density at radius 1 is 1.38 bits per heavy atom. The topological polar surface area (TPSA) is 46.2 Å². The van der Waals surface area contributed by atoms with Crippen LogP contribution in [0.2, 0.25) is 10.0 Å². The third-order valence-corrected chi connectivity index (χ3v) is 3.18. The summed E-state index contributed by atoms with van der Waals surface area (Å²) in [5, 5.41) is 10.5. The number of hydrogen-bond acceptors (Lipinski definition) is 2. The van der Waals surface area contributed by atoms with Crippen molar-refractivity contribution >= 4 is 35.6 Å². The van der Waals surface area contributed by atoms with Crippen LogP contribution in [0, 0.1) is 5.92 Å². The van der Waals surface area contributed by atoms with E-state index in [0.29, 0.717) is 10.6 Å². The van der Waals surface area contributed by atoms with Crippen molar-refractivity contribution in [3.8, 4) is 5.75 Å². The predicted molar refractivity (Wildman–Crippen MR) is 71.8 cm³/mol. The first-order valence-corrected chi connectivity index (χ1v) is 5.66. The normalized spacial score (nSPS) is 14.1. The predicted octanol–water partition coefficient (Wildman–Crippen LogP) is 4.17. The van der Waals surface area contributed by atoms with Gasteiger partial charge in [-0.05, 0) is 18.1 Å². The van der Waals surface area contributed by atoms with Crippen LogP contribution >= 0.6 is 35.6 Å². The number of rotatable bonds is 3. The molecule has 0 aromatic heterocycles. The van der Waals surface area contributed by atoms with Gasteiger partial charge in [-0.15, -0.1) is 12.4 Å². The minimum Gasteiger partial charge on any atom is -0.506 e. The summed E-state index contributed by atoms with van der Waals surface area (Å²) < 4.78 is 0. The van der Waals surface area contributed by atoms with E-state index in [0.717, 1.165) is 6.42 Å². The monoisotopic (exact) mass is 283 g/mol. The molecule has 1 aromatic rings. The Kier molecular flexibility index (Phi) is 6.49. The molecule has 0 spiro atoms. The van der Waals surface area contributed by atoms with E-state index in [9.17, 15) is 5.11 Å². The van der Waals surface area contributed by atoms with E-state index < -0.39 is 0 Å². The van der Waals surface area contributed by atoms with Crippen LogP contribution in [0.4, 0.5) is 0 Å². The van der Waals surface area contributed by atoms with Crippen molar-refractivity contribution in [1.29, 1.82) is 0 Å². The van der Waals surface area contributed by atoms with Crippen LogP contribution in [0.3, 0.4) is 0 Å². The average molecular weight is 285 g/mol. The standard InChI is InChI=1S/C11H15Cl2NO.ClH/c1-3-6(2)10(14)8-4-7(12)5-9(13)11(8)15;/h4-6,10,15H,3,14H2,1-2H3;1H/t6?,10-;/m1./s1. The molecule has 1 aromatic carbocycles. The molecule has 1 unspecified atom stereocenters. The van der Waals surface area contributed by atoms with Crippen LogP contribution < -0.4 is 5.73 Å². The van der Waals surface area contributed by atoms with Crippen molar-refractivity contribution in [2.24, 2.45) is 11.7 Å². The van der Waals surface area contributed by atoms with Crippen molar-refractivity contribution in [2.75, 3.05) is 0 Å². The fourth-order valence-corrected chi connectivity index (χ4v) is 1.91. The summed E-state index contributed by atoms with van der Waals surface area (Å²) in [7, 11) is 0. The minimum atomic E-state index is -0.244. The third kappa shape index (κ3) is 3.42. The van der Waals surface area contributed by atoms with Crippen LogP contribution in [0.1, 0.15) is 31.9 Å². The van der Waals surface area contributed by atoms with Gasteiger partial charge in [0.15, 0.2) is 0 Å². The van der Waals surface area contributed by atoms with Gasteiger partial charge >= 0.3 is 0 Å². The van der Waals surface area contributed by atoms with Gasteiger partial charge in [0, 0.05) is 16.6 Å². The molecule has 0 amide bonds. The van der Waals surface area contributed by atoms with E-state index in [4.69, 9.17) is 28.9 Å². The van der Waals surface area contributed by atoms with Crippen LogP contribution in [0.25, 0.3) is 0 Å². The van der Waals surface area contributed by atoms with Gasteiger partial charge in [0.2, 0.25) is 0 Å². The van der Waals surface area contributed by atoms with Gasteiger partial charge in [-0.1, -0.05) is 43.5 Å². The van der Waals surface area contributed by atoms with Gasteiger partial charge in [-0.2, -0.15) is 0 Å². The summed E-state index contributed by atoms with van der Waals surface area (Å²) in [6.45, 7) is 4.08. The maximum Gasteiger partial charge on any atom is 0.139 e. The van der Waals surface area contributed by atoms with Gasteiger partial charge in [0.1, 0.15) is 5.75 Å². The van der Waals surface area contributed by atoms with Crippen molar-refractivity contribution in [1.82, 2.24) is 0 Å². The fourth-order valence-electron chi connectivity index (χ4n) is 1.40. The molecule has 5 heteroatoms. The Hall–Kier alpha value is -0.150. The zero-order chi connectivity index (χ0) is 11.6. The van der Waals surface area contributed by atoms with Crippen LogP contribution in [-0.2, 0) is 0 Å². The zero-order valence-electron chi connectivity index (χ0n) is 9.21. The number of hydrogen-bond donors (Lipinski definition) is 2. The molecule has 0 aliphatic heterocycles. The molecule has 0 radical (unpaired) electrons. The third-order valence-electron chi connectivity index (χ3n) is 2.67. The molecule has 0 fully saturated rings. The molecule has 0 saturated heterocycles. The molecule has 0 heterocycles. The lowest BCUT2D eigenvalue weighted by atomic mass is 9.93. The fraction of sp³-hybridized carbons (Fsp3) is 0.455. The van der Waals surface area contributed by atoms with Crippen molar-refractivity contribution in [3.63, 3.8) is 0 Å². The SMILES string of the molecule is CCC(C)[C@@H](N)c1cc(Cl)cc(Cl)c1O.Cl. The number of aromatic hydroxyl groups is 1. The van der Waals surface area contributed by atoms with Gasteiger partial charge in [-0.25, -0.2) is 0 Å². The molecule has 92 valence electrons. The van der Waals surface area contributed by atoms with Gasteiger partial charge < -0.3 is 10.8 Å². The van der Waals surface area contributed by atoms with Crippen LogP contribution in [0.15, 0.2) is 12.1 Å². The second-order valence-electron chi connectivity index (χ2n) is 3.74. The number of phenols is 1. The summed E-state index contributed by atoms with van der Waals surface area (Å²) in [6, 6.07) is 2.93. The molecule has 1 rings (SSSR count). The van der Waals surface area contributed by atoms with Crippen molar-refractivity contribution in [2.45, 2.75) is 26.3 Å². The van der Waals surface area contributed by atoms with E-state index in [1.807, 2.05) is 13.8 Å². The quantitative estimate of drug-likeness (QED) is 0.875. The lowest BCUT2D eigenvalue weighted by molar-refractivity contribution is 0.419. The lowest BCUT2D eigenvalue weighted by Crippen LogP contribution is -2.18. The number of phenolic OH excluding ortho intramolecular Hbond substituents is 1. The first-order valence-electron chi connectivity index (χ1n) is 4.90. The molecule has 0 bridgehead atoms. The molecule has 0 aliphatic rings. The molecular weight excluding hydrogens is 268 g/mol. The van der Waals surface area contributed by atoms with E-state index in [1.54, 1.807) is 6.07 Å². The highest BCUT2D eigenvalue weighted by Crippen LogP contribution is 2.36. The Morgan fingerprint density at radius 2 is 1.94 bits per heavy atom. The second-order valence-corrected chi connectivity index (χ2v) is 4.58. The van der Waals surface area contributed by atoms with Crippen molar-refractivity contribution < 1.29 is 5.11 Å². The maximum absolute atomic E-state index is 9.77. The highest BCUT2D eigenvalue weighted by atomic mass is 35.5. The van der Waals surface area contributed by atoms with Crippen LogP contribution in [-0.4, -0.2) is 5.11 Å². The summed E-state index contributed by atoms with van der Waals surface area (Å²) in [5.41, 5.74) is 6.62. The Balaban J connectivity index is 0.00000225. The number of benzene rings is 1. The highest BCUT2D eigenvalue weighted by molar-refractivity contribution is 6.35. The summed E-state index contributed by atoms with van der Waals surface area (Å²) in [4.78, 5) is 0. The Bertz CT molecular complexity index is 357. The molecular formula is C11H16Cl3NO. The van der Waals surface area contributed by atoms with E-state index in [1.165, 1.54) is 6.07 Å². The molecule has 0 saturated carbocycles. The molecule has 16 heavy (non-hydrogen) atoms. The molecule has 2 nitrogen and oxygen atoms in total. The Morgan fingerprint density at radius 3 is 2.44 bits per heavy atom. The zero-order valence-corrected chi connectivity index (χ0v) is 11.5. The first-order chi connectivity index (χ1) is 6.97. The average Bonchev–Trinajstić information content (AvgIpc) is 2.21. The highest BCUT2D eigenvalue weighted by Gasteiger charge is 2.19. The maximum atomic E-state index is 9.77. The molecule has 0 aliphatic carbocycles. The Labute approximate surface area is 112 Å². The summed E-state index contributed by atoms with van der Waals surface area (Å²) in [6.07, 6.45) is 0.935. The largest absolute Gasteiger partial charge is 0.506 e. The lowest BCUT2D eigenvalue weighted by Gasteiger charge is -2.20. The van der Waals surface area contributed by atoms with E-state index >= 15 is 0 Å². The van der Waals surface area contributed by atoms with Crippen molar-refractivity contribution in [3.05, 3.63) is 27.7 Å². The van der Waals surface area contributed by atoms with Gasteiger partial charge in [0.25, 0.3) is 0 Å². The van der Waals surface area contributed by atoms with Crippen LogP contribution in [0.5, 0.6) is 5.75 Å². The summed E-state index contributed by atoms with van der Waals surface area (Å²) >= 11 is 11.7. The molecule has 2 atom stereocenters. The summed E-state index contributed by atoms with van der Waals surface area (Å²) in [5.74, 6) is 0.305. The number of nitrogens with two attached hydrogens (primary N) is 1. The molecule has 3 N–H and O–H groups in total.